The number of nitrogens with zero attached hydrogens (tertiary/aromatic N) is 1. The molecule has 0 saturated heterocycles. The first-order valence-electron chi connectivity index (χ1n) is 6.97. The molecule has 2 aliphatic rings. The van der Waals surface area contributed by atoms with E-state index in [9.17, 15) is 9.90 Å². The average molecular weight is 296 g/mol. The van der Waals surface area contributed by atoms with Gasteiger partial charge in [0, 0.05) is 30.5 Å². The molecule has 3 rings (SSSR count). The van der Waals surface area contributed by atoms with Gasteiger partial charge < -0.3 is 15.7 Å². The van der Waals surface area contributed by atoms with Crippen molar-refractivity contribution in [1.29, 1.82) is 0 Å². The van der Waals surface area contributed by atoms with Gasteiger partial charge in [0.1, 0.15) is 5.15 Å². The van der Waals surface area contributed by atoms with E-state index in [4.69, 9.17) is 11.6 Å². The quantitative estimate of drug-likeness (QED) is 0.749. The van der Waals surface area contributed by atoms with Crippen LogP contribution in [0.5, 0.6) is 0 Å². The number of carbonyl (C=O) groups is 1. The molecule has 0 aromatic carbocycles. The first-order valence-corrected chi connectivity index (χ1v) is 7.35. The minimum Gasteiger partial charge on any atom is -0.396 e. The summed E-state index contributed by atoms with van der Waals surface area (Å²) in [5.41, 5.74) is 0.617. The van der Waals surface area contributed by atoms with Crippen LogP contribution in [-0.2, 0) is 0 Å². The molecule has 0 aliphatic heterocycles. The largest absolute Gasteiger partial charge is 0.396 e. The Morgan fingerprint density at radius 1 is 1.45 bits per heavy atom. The van der Waals surface area contributed by atoms with Crippen molar-refractivity contribution in [2.45, 2.75) is 25.3 Å². The van der Waals surface area contributed by atoms with Crippen LogP contribution in [0.15, 0.2) is 18.3 Å². The number of hydrogen-bond acceptors (Lipinski definition) is 3. The fourth-order valence-corrected chi connectivity index (χ4v) is 3.87. The summed E-state index contributed by atoms with van der Waals surface area (Å²) in [5.74, 6) is 1.26. The van der Waals surface area contributed by atoms with Gasteiger partial charge in [-0.05, 0) is 43.2 Å². The van der Waals surface area contributed by atoms with Crippen molar-refractivity contribution >= 4 is 23.3 Å². The number of halogens is 1. The molecular weight excluding hydrogens is 278 g/mol. The highest BCUT2D eigenvalue weighted by Gasteiger charge is 2.47. The van der Waals surface area contributed by atoms with Crippen LogP contribution in [0.1, 0.15) is 19.3 Å². The SMILES string of the molecule is O=C(Nc1ccnc(Cl)c1)NC1C2CCC(C2)C1CO. The summed E-state index contributed by atoms with van der Waals surface area (Å²) in [6.07, 6.45) is 4.99. The first kappa shape index (κ1) is 13.6. The molecule has 108 valence electrons. The van der Waals surface area contributed by atoms with E-state index in [-0.39, 0.29) is 24.6 Å². The second-order valence-corrected chi connectivity index (χ2v) is 6.06. The van der Waals surface area contributed by atoms with E-state index in [0.717, 1.165) is 12.8 Å². The molecule has 2 bridgehead atoms. The second-order valence-electron chi connectivity index (χ2n) is 5.67. The Kier molecular flexibility index (Phi) is 3.81. The van der Waals surface area contributed by atoms with Gasteiger partial charge in [-0.2, -0.15) is 0 Å². The molecule has 5 nitrogen and oxygen atoms in total. The molecule has 1 aromatic heterocycles. The van der Waals surface area contributed by atoms with Crippen molar-refractivity contribution < 1.29 is 9.90 Å². The number of carbonyl (C=O) groups excluding carboxylic acids is 1. The number of aliphatic hydroxyl groups is 1. The van der Waals surface area contributed by atoms with Gasteiger partial charge in [0.2, 0.25) is 0 Å². The molecule has 20 heavy (non-hydrogen) atoms. The molecule has 2 fully saturated rings. The van der Waals surface area contributed by atoms with Crippen molar-refractivity contribution in [3.8, 4) is 0 Å². The summed E-state index contributed by atoms with van der Waals surface area (Å²) in [4.78, 5) is 15.9. The van der Waals surface area contributed by atoms with Crippen molar-refractivity contribution in [3.63, 3.8) is 0 Å². The van der Waals surface area contributed by atoms with Crippen LogP contribution in [0.4, 0.5) is 10.5 Å². The predicted molar refractivity (Wildman–Crippen MR) is 76.6 cm³/mol. The summed E-state index contributed by atoms with van der Waals surface area (Å²) in [7, 11) is 0. The highest BCUT2D eigenvalue weighted by molar-refractivity contribution is 6.29. The van der Waals surface area contributed by atoms with E-state index >= 15 is 0 Å². The first-order chi connectivity index (χ1) is 9.67. The Balaban J connectivity index is 1.61. The number of hydrogen-bond donors (Lipinski definition) is 3. The smallest absolute Gasteiger partial charge is 0.319 e. The maximum absolute atomic E-state index is 12.1. The molecule has 6 heteroatoms. The number of rotatable bonds is 3. The Morgan fingerprint density at radius 2 is 2.25 bits per heavy atom. The zero-order chi connectivity index (χ0) is 14.1. The lowest BCUT2D eigenvalue weighted by Gasteiger charge is -2.30. The van der Waals surface area contributed by atoms with Crippen LogP contribution in [0.2, 0.25) is 5.15 Å². The maximum Gasteiger partial charge on any atom is 0.319 e. The number of fused-ring (bicyclic) bond motifs is 2. The fraction of sp³-hybridized carbons (Fsp3) is 0.571. The highest BCUT2D eigenvalue weighted by Crippen LogP contribution is 2.48. The number of pyridine rings is 1. The lowest BCUT2D eigenvalue weighted by Crippen LogP contribution is -2.46. The third-order valence-corrected chi connectivity index (χ3v) is 4.79. The molecule has 2 amide bonds. The number of urea groups is 1. The zero-order valence-electron chi connectivity index (χ0n) is 11.1. The fourth-order valence-electron chi connectivity index (χ4n) is 3.70. The highest BCUT2D eigenvalue weighted by atomic mass is 35.5. The van der Waals surface area contributed by atoms with Gasteiger partial charge in [0.05, 0.1) is 0 Å². The van der Waals surface area contributed by atoms with Gasteiger partial charge in [0.25, 0.3) is 0 Å². The number of anilines is 1. The lowest BCUT2D eigenvalue weighted by molar-refractivity contribution is 0.146. The van der Waals surface area contributed by atoms with Gasteiger partial charge >= 0.3 is 6.03 Å². The number of nitrogens with one attached hydrogen (secondary N) is 2. The monoisotopic (exact) mass is 295 g/mol. The summed E-state index contributed by atoms with van der Waals surface area (Å²) >= 11 is 5.78. The predicted octanol–water partition coefficient (Wildman–Crippen LogP) is 2.26. The molecule has 4 unspecified atom stereocenters. The Labute approximate surface area is 122 Å². The molecule has 0 spiro atoms. The van der Waals surface area contributed by atoms with E-state index < -0.39 is 0 Å². The van der Waals surface area contributed by atoms with Crippen molar-refractivity contribution in [2.75, 3.05) is 11.9 Å². The molecule has 4 atom stereocenters. The minimum absolute atomic E-state index is 0.0797. The van der Waals surface area contributed by atoms with Gasteiger partial charge in [-0.3, -0.25) is 0 Å². The van der Waals surface area contributed by atoms with Crippen LogP contribution in [0.3, 0.4) is 0 Å². The maximum atomic E-state index is 12.1. The van der Waals surface area contributed by atoms with Crippen LogP contribution in [0, 0.1) is 17.8 Å². The molecule has 2 saturated carbocycles. The van der Waals surface area contributed by atoms with Gasteiger partial charge in [-0.1, -0.05) is 11.6 Å². The molecule has 1 aromatic rings. The molecule has 3 N–H and O–H groups in total. The van der Waals surface area contributed by atoms with Gasteiger partial charge in [0.15, 0.2) is 0 Å². The summed E-state index contributed by atoms with van der Waals surface area (Å²) in [5, 5.41) is 15.6. The molecule has 1 heterocycles. The average Bonchev–Trinajstić information content (AvgIpc) is 2.99. The van der Waals surface area contributed by atoms with Crippen molar-refractivity contribution in [1.82, 2.24) is 10.3 Å². The van der Waals surface area contributed by atoms with Crippen LogP contribution < -0.4 is 10.6 Å². The van der Waals surface area contributed by atoms with Gasteiger partial charge in [-0.15, -0.1) is 0 Å². The Bertz CT molecular complexity index is 511. The third-order valence-electron chi connectivity index (χ3n) is 4.58. The van der Waals surface area contributed by atoms with Crippen LogP contribution in [-0.4, -0.2) is 28.8 Å². The van der Waals surface area contributed by atoms with Crippen LogP contribution >= 0.6 is 11.6 Å². The molecule has 2 aliphatic carbocycles. The van der Waals surface area contributed by atoms with E-state index in [0.29, 0.717) is 22.7 Å². The van der Waals surface area contributed by atoms with E-state index in [1.54, 1.807) is 18.3 Å². The zero-order valence-corrected chi connectivity index (χ0v) is 11.8. The van der Waals surface area contributed by atoms with Crippen LogP contribution in [0.25, 0.3) is 0 Å². The number of amides is 2. The summed E-state index contributed by atoms with van der Waals surface area (Å²) < 4.78 is 0. The lowest BCUT2D eigenvalue weighted by atomic mass is 9.85. The molecular formula is C14H18ClN3O2. The molecule has 0 radical (unpaired) electrons. The Morgan fingerprint density at radius 3 is 3.00 bits per heavy atom. The summed E-state index contributed by atoms with van der Waals surface area (Å²) in [6.45, 7) is 0.146. The normalized spacial score (nSPS) is 31.3. The third kappa shape index (κ3) is 2.60. The van der Waals surface area contributed by atoms with Gasteiger partial charge in [-0.25, -0.2) is 9.78 Å². The van der Waals surface area contributed by atoms with E-state index in [2.05, 4.69) is 15.6 Å². The second kappa shape index (κ2) is 5.58. The van der Waals surface area contributed by atoms with E-state index in [1.165, 1.54) is 6.42 Å². The standard InChI is InChI=1S/C14H18ClN3O2/c15-12-6-10(3-4-16-12)17-14(20)18-13-9-2-1-8(5-9)11(13)7-19/h3-4,6,8-9,11,13,19H,1-2,5,7H2,(H2,16,17,18,20). The number of aromatic nitrogens is 1. The minimum atomic E-state index is -0.247. The van der Waals surface area contributed by atoms with Crippen molar-refractivity contribution in [2.24, 2.45) is 17.8 Å². The van der Waals surface area contributed by atoms with Crippen molar-refractivity contribution in [3.05, 3.63) is 23.5 Å². The Hall–Kier alpha value is -1.33. The summed E-state index contributed by atoms with van der Waals surface area (Å²) in [6, 6.07) is 3.13. The topological polar surface area (TPSA) is 74.2 Å². The van der Waals surface area contributed by atoms with E-state index in [1.807, 2.05) is 0 Å². The number of aliphatic hydroxyl groups excluding tert-OH is 1.